The molecule has 0 unspecified atom stereocenters. The topological polar surface area (TPSA) is 49.4 Å². The van der Waals surface area contributed by atoms with Crippen molar-refractivity contribution in [3.63, 3.8) is 0 Å². The first kappa shape index (κ1) is 12.1. The summed E-state index contributed by atoms with van der Waals surface area (Å²) in [7, 11) is -0.542. The summed E-state index contributed by atoms with van der Waals surface area (Å²) in [4.78, 5) is 0. The number of benzene rings is 1. The molecule has 84 valence electrons. The number of hydrogen-bond donors (Lipinski definition) is 1. The van der Waals surface area contributed by atoms with Crippen LogP contribution in [0.4, 0.5) is 4.39 Å². The van der Waals surface area contributed by atoms with Gasteiger partial charge in [-0.2, -0.15) is 17.4 Å². The molecule has 1 aromatic carbocycles. The van der Waals surface area contributed by atoms with Gasteiger partial charge >= 0.3 is 0 Å². The number of halogens is 1. The van der Waals surface area contributed by atoms with Crippen LogP contribution in [0.2, 0.25) is 0 Å². The van der Waals surface area contributed by atoms with E-state index in [1.54, 1.807) is 0 Å². The molecule has 0 aliphatic heterocycles. The summed E-state index contributed by atoms with van der Waals surface area (Å²) in [6.45, 7) is 0.154. The zero-order valence-corrected chi connectivity index (χ0v) is 9.38. The zero-order chi connectivity index (χ0) is 11.5. The van der Waals surface area contributed by atoms with E-state index in [9.17, 15) is 12.8 Å². The van der Waals surface area contributed by atoms with Gasteiger partial charge in [0.1, 0.15) is 5.82 Å². The highest BCUT2D eigenvalue weighted by molar-refractivity contribution is 7.87. The van der Waals surface area contributed by atoms with Crippen LogP contribution in [0.15, 0.2) is 24.3 Å². The van der Waals surface area contributed by atoms with Gasteiger partial charge in [-0.1, -0.05) is 12.1 Å². The van der Waals surface area contributed by atoms with E-state index in [4.69, 9.17) is 0 Å². The number of nitrogens with one attached hydrogen (secondary N) is 1. The molecule has 0 atom stereocenters. The first-order chi connectivity index (χ1) is 6.92. The molecule has 0 saturated heterocycles. The molecule has 0 aliphatic carbocycles. The lowest BCUT2D eigenvalue weighted by molar-refractivity contribution is 0.505. The highest BCUT2D eigenvalue weighted by Gasteiger charge is 2.11. The molecule has 4 nitrogen and oxygen atoms in total. The third kappa shape index (κ3) is 3.58. The molecule has 0 saturated carbocycles. The molecule has 0 bridgehead atoms. The van der Waals surface area contributed by atoms with Crippen molar-refractivity contribution >= 4 is 10.2 Å². The Balaban J connectivity index is 2.62. The monoisotopic (exact) mass is 232 g/mol. The van der Waals surface area contributed by atoms with Crippen LogP contribution in [0.1, 0.15) is 5.56 Å². The summed E-state index contributed by atoms with van der Waals surface area (Å²) in [6, 6.07) is 5.65. The summed E-state index contributed by atoms with van der Waals surface area (Å²) < 4.78 is 38.6. The van der Waals surface area contributed by atoms with Gasteiger partial charge in [0.05, 0.1) is 0 Å². The largest absolute Gasteiger partial charge is 0.279 e. The maximum absolute atomic E-state index is 12.5. The Morgan fingerprint density at radius 1 is 1.27 bits per heavy atom. The Bertz CT molecular complexity index is 414. The van der Waals surface area contributed by atoms with E-state index in [-0.39, 0.29) is 12.4 Å². The molecule has 0 aromatic heterocycles. The third-order valence-electron chi connectivity index (χ3n) is 1.85. The summed E-state index contributed by atoms with van der Waals surface area (Å²) >= 11 is 0. The summed E-state index contributed by atoms with van der Waals surface area (Å²) in [5.74, 6) is -0.339. The van der Waals surface area contributed by atoms with Gasteiger partial charge in [0.25, 0.3) is 10.2 Å². The standard InChI is InChI=1S/C9H13FN2O2S/c1-12(2)15(13,14)11-7-8-3-5-9(10)6-4-8/h3-6,11H,7H2,1-2H3. The van der Waals surface area contributed by atoms with E-state index in [1.807, 2.05) is 0 Å². The lowest BCUT2D eigenvalue weighted by Crippen LogP contribution is -2.35. The van der Waals surface area contributed by atoms with Gasteiger partial charge in [-0.3, -0.25) is 0 Å². The molecular weight excluding hydrogens is 219 g/mol. The Hall–Kier alpha value is -0.980. The Kier molecular flexibility index (Phi) is 3.78. The van der Waals surface area contributed by atoms with Gasteiger partial charge in [-0.25, -0.2) is 4.39 Å². The fourth-order valence-electron chi connectivity index (χ4n) is 0.906. The lowest BCUT2D eigenvalue weighted by atomic mass is 10.2. The number of hydrogen-bond acceptors (Lipinski definition) is 2. The van der Waals surface area contributed by atoms with Crippen LogP contribution in [-0.2, 0) is 16.8 Å². The highest BCUT2D eigenvalue weighted by Crippen LogP contribution is 2.03. The van der Waals surface area contributed by atoms with E-state index >= 15 is 0 Å². The van der Waals surface area contributed by atoms with Gasteiger partial charge in [0.2, 0.25) is 0 Å². The lowest BCUT2D eigenvalue weighted by Gasteiger charge is -2.12. The second-order valence-corrected chi connectivity index (χ2v) is 5.20. The molecule has 0 fully saturated rings. The predicted octanol–water partition coefficient (Wildman–Crippen LogP) is 0.722. The van der Waals surface area contributed by atoms with Gasteiger partial charge in [0.15, 0.2) is 0 Å². The van der Waals surface area contributed by atoms with Crippen LogP contribution in [0.25, 0.3) is 0 Å². The number of rotatable bonds is 4. The van der Waals surface area contributed by atoms with Crippen molar-refractivity contribution < 1.29 is 12.8 Å². The van der Waals surface area contributed by atoms with Crippen LogP contribution in [0, 0.1) is 5.82 Å². The number of nitrogens with zero attached hydrogens (tertiary/aromatic N) is 1. The van der Waals surface area contributed by atoms with Crippen molar-refractivity contribution in [2.45, 2.75) is 6.54 Å². The maximum Gasteiger partial charge on any atom is 0.279 e. The quantitative estimate of drug-likeness (QED) is 0.831. The first-order valence-corrected chi connectivity index (χ1v) is 5.77. The molecule has 1 aromatic rings. The molecule has 0 aliphatic rings. The second kappa shape index (κ2) is 4.69. The molecule has 6 heteroatoms. The average Bonchev–Trinajstić information content (AvgIpc) is 2.17. The molecule has 1 N–H and O–H groups in total. The molecule has 1 rings (SSSR count). The highest BCUT2D eigenvalue weighted by atomic mass is 32.2. The van der Waals surface area contributed by atoms with Crippen molar-refractivity contribution in [1.82, 2.24) is 9.03 Å². The Morgan fingerprint density at radius 3 is 2.27 bits per heavy atom. The van der Waals surface area contributed by atoms with Gasteiger partial charge < -0.3 is 0 Å². The second-order valence-electron chi connectivity index (χ2n) is 3.24. The van der Waals surface area contributed by atoms with E-state index < -0.39 is 10.2 Å². The SMILES string of the molecule is CN(C)S(=O)(=O)NCc1ccc(F)cc1. The van der Waals surface area contributed by atoms with E-state index in [0.717, 1.165) is 4.31 Å². The van der Waals surface area contributed by atoms with Crippen molar-refractivity contribution in [3.8, 4) is 0 Å². The van der Waals surface area contributed by atoms with Crippen molar-refractivity contribution in [3.05, 3.63) is 35.6 Å². The van der Waals surface area contributed by atoms with E-state index in [0.29, 0.717) is 5.56 Å². The Labute approximate surface area is 88.9 Å². The van der Waals surface area contributed by atoms with Crippen molar-refractivity contribution in [2.24, 2.45) is 0 Å². The maximum atomic E-state index is 12.5. The average molecular weight is 232 g/mol. The first-order valence-electron chi connectivity index (χ1n) is 4.33. The molecular formula is C9H13FN2O2S. The van der Waals surface area contributed by atoms with Crippen molar-refractivity contribution in [1.29, 1.82) is 0 Å². The van der Waals surface area contributed by atoms with Gasteiger partial charge in [0, 0.05) is 20.6 Å². The minimum Gasteiger partial charge on any atom is -0.207 e. The van der Waals surface area contributed by atoms with Crippen molar-refractivity contribution in [2.75, 3.05) is 14.1 Å². The minimum absolute atomic E-state index is 0.154. The minimum atomic E-state index is -3.42. The molecule has 0 spiro atoms. The van der Waals surface area contributed by atoms with E-state index in [1.165, 1.54) is 38.4 Å². The molecule has 0 amide bonds. The van der Waals surface area contributed by atoms with Gasteiger partial charge in [-0.05, 0) is 17.7 Å². The zero-order valence-electron chi connectivity index (χ0n) is 8.57. The molecule has 15 heavy (non-hydrogen) atoms. The molecule has 0 heterocycles. The normalized spacial score (nSPS) is 12.0. The van der Waals surface area contributed by atoms with Crippen LogP contribution < -0.4 is 4.72 Å². The summed E-state index contributed by atoms with van der Waals surface area (Å²) in [5.41, 5.74) is 0.710. The smallest absolute Gasteiger partial charge is 0.207 e. The van der Waals surface area contributed by atoms with Crippen LogP contribution in [0.5, 0.6) is 0 Å². The fourth-order valence-corrected chi connectivity index (χ4v) is 1.51. The summed E-state index contributed by atoms with van der Waals surface area (Å²) in [5, 5.41) is 0. The van der Waals surface area contributed by atoms with Crippen LogP contribution in [0.3, 0.4) is 0 Å². The Morgan fingerprint density at radius 2 is 1.80 bits per heavy atom. The summed E-state index contributed by atoms with van der Waals surface area (Å²) in [6.07, 6.45) is 0. The van der Waals surface area contributed by atoms with E-state index in [2.05, 4.69) is 4.72 Å². The molecule has 0 radical (unpaired) electrons. The fraction of sp³-hybridized carbons (Fsp3) is 0.333. The van der Waals surface area contributed by atoms with Crippen LogP contribution >= 0.6 is 0 Å². The predicted molar refractivity (Wildman–Crippen MR) is 55.8 cm³/mol. The van der Waals surface area contributed by atoms with Crippen LogP contribution in [-0.4, -0.2) is 26.8 Å². The van der Waals surface area contributed by atoms with Gasteiger partial charge in [-0.15, -0.1) is 0 Å². The third-order valence-corrected chi connectivity index (χ3v) is 3.32.